The van der Waals surface area contributed by atoms with E-state index in [-0.39, 0.29) is 10.1 Å². The van der Waals surface area contributed by atoms with Crippen molar-refractivity contribution in [3.05, 3.63) is 95.3 Å². The maximum absolute atomic E-state index is 13.4. The van der Waals surface area contributed by atoms with E-state index in [9.17, 15) is 10.4 Å². The zero-order chi connectivity index (χ0) is 21.4. The van der Waals surface area contributed by atoms with Crippen molar-refractivity contribution < 1.29 is 19.6 Å². The predicted octanol–water partition coefficient (Wildman–Crippen LogP) is 4.90. The summed E-state index contributed by atoms with van der Waals surface area (Å²) in [5.41, 5.74) is 1.79. The van der Waals surface area contributed by atoms with Gasteiger partial charge in [0.05, 0.1) is 12.1 Å². The summed E-state index contributed by atoms with van der Waals surface area (Å²) < 4.78 is 12.4. The van der Waals surface area contributed by atoms with Gasteiger partial charge in [-0.25, -0.2) is 0 Å². The van der Waals surface area contributed by atoms with Gasteiger partial charge >= 0.3 is 0 Å². The lowest BCUT2D eigenvalue weighted by Crippen LogP contribution is -2.98. The van der Waals surface area contributed by atoms with Crippen molar-refractivity contribution in [2.45, 2.75) is 0 Å². The van der Waals surface area contributed by atoms with E-state index in [2.05, 4.69) is 0 Å². The third-order valence-electron chi connectivity index (χ3n) is 6.24. The minimum absolute atomic E-state index is 0.144. The fourth-order valence-corrected chi connectivity index (χ4v) is 4.66. The van der Waals surface area contributed by atoms with E-state index in [4.69, 9.17) is 9.47 Å². The van der Waals surface area contributed by atoms with Gasteiger partial charge in [0.15, 0.2) is 45.7 Å². The van der Waals surface area contributed by atoms with Crippen LogP contribution in [0.3, 0.4) is 0 Å². The van der Waals surface area contributed by atoms with Gasteiger partial charge in [-0.15, -0.1) is 0 Å². The van der Waals surface area contributed by atoms with Gasteiger partial charge in [-0.3, -0.25) is 0 Å². The van der Waals surface area contributed by atoms with Crippen molar-refractivity contribution in [3.8, 4) is 23.0 Å². The molecule has 0 saturated heterocycles. The summed E-state index contributed by atoms with van der Waals surface area (Å²) in [6.07, 6.45) is 0. The highest BCUT2D eigenvalue weighted by Gasteiger charge is 2.34. The van der Waals surface area contributed by atoms with Gasteiger partial charge in [-0.05, 0) is 22.9 Å². The number of hydrogen-bond acceptors (Lipinski definition) is 4. The third-order valence-corrected chi connectivity index (χ3v) is 6.24. The van der Waals surface area contributed by atoms with Crippen molar-refractivity contribution in [2.24, 2.45) is 0 Å². The number of rotatable bonds is 0. The largest absolute Gasteiger partial charge is 0.623 e. The first kappa shape index (κ1) is 17.7. The average Bonchev–Trinajstić information content (AvgIpc) is 2.83. The SMILES string of the molecule is [O-][NH+]1c2cc3c(cc2Oc2c1ccc1ccccc21)[NH+]([O-])c1ccc2ccccc2c1O3. The molecule has 0 spiro atoms. The molecular formula is C26H16N2O4. The van der Waals surface area contributed by atoms with Gasteiger partial charge in [-0.1, -0.05) is 48.5 Å². The van der Waals surface area contributed by atoms with Crippen LogP contribution in [0.25, 0.3) is 21.5 Å². The summed E-state index contributed by atoms with van der Waals surface area (Å²) >= 11 is 0. The first-order valence-corrected chi connectivity index (χ1v) is 10.4. The van der Waals surface area contributed by atoms with Crippen molar-refractivity contribution in [1.82, 2.24) is 0 Å². The number of benzene rings is 5. The Bertz CT molecular complexity index is 1460. The molecule has 6 heteroatoms. The molecule has 5 aromatic carbocycles. The number of quaternary nitrogens is 2. The number of fused-ring (bicyclic) bond motifs is 8. The van der Waals surface area contributed by atoms with Crippen LogP contribution in [0, 0.1) is 10.4 Å². The molecule has 0 aliphatic carbocycles. The Labute approximate surface area is 182 Å². The van der Waals surface area contributed by atoms with E-state index >= 15 is 0 Å². The lowest BCUT2D eigenvalue weighted by molar-refractivity contribution is -0.704. The normalized spacial score (nSPS) is 18.2. The summed E-state index contributed by atoms with van der Waals surface area (Å²) in [7, 11) is 0. The van der Waals surface area contributed by atoms with Gasteiger partial charge in [0, 0.05) is 22.9 Å². The molecule has 2 atom stereocenters. The summed E-state index contributed by atoms with van der Waals surface area (Å²) in [5.74, 6) is 1.80. The molecule has 32 heavy (non-hydrogen) atoms. The zero-order valence-electron chi connectivity index (χ0n) is 16.7. The molecule has 2 aliphatic rings. The van der Waals surface area contributed by atoms with Gasteiger partial charge in [-0.2, -0.15) is 0 Å². The van der Waals surface area contributed by atoms with Gasteiger partial charge in [0.25, 0.3) is 0 Å². The average molecular weight is 420 g/mol. The Balaban J connectivity index is 1.41. The van der Waals surface area contributed by atoms with E-state index in [0.29, 0.717) is 45.7 Å². The van der Waals surface area contributed by atoms with Gasteiger partial charge in [0.2, 0.25) is 0 Å². The standard InChI is InChI=1S/C26H16N2O4/c29-27-19-11-9-15-5-1-3-7-17(15)25(19)31-23-13-22-24(14-21(23)27)32-26-18-8-4-2-6-16(18)10-12-20(26)28(22)30/h1-14,27-28H. The van der Waals surface area contributed by atoms with Crippen LogP contribution in [0.4, 0.5) is 22.7 Å². The molecule has 2 unspecified atom stereocenters. The maximum Gasteiger partial charge on any atom is 0.196 e. The first-order valence-electron chi connectivity index (χ1n) is 10.4. The minimum Gasteiger partial charge on any atom is -0.623 e. The Morgan fingerprint density at radius 2 is 0.938 bits per heavy atom. The van der Waals surface area contributed by atoms with Crippen LogP contribution < -0.4 is 19.6 Å². The highest BCUT2D eigenvalue weighted by molar-refractivity contribution is 5.94. The van der Waals surface area contributed by atoms with Crippen molar-refractivity contribution >= 4 is 44.3 Å². The zero-order valence-corrected chi connectivity index (χ0v) is 16.7. The smallest absolute Gasteiger partial charge is 0.196 e. The van der Waals surface area contributed by atoms with Gasteiger partial charge < -0.3 is 30.0 Å². The van der Waals surface area contributed by atoms with Crippen LogP contribution in [0.5, 0.6) is 23.0 Å². The molecule has 0 saturated carbocycles. The van der Waals surface area contributed by atoms with Crippen molar-refractivity contribution in [2.75, 3.05) is 0 Å². The van der Waals surface area contributed by atoms with Crippen LogP contribution >= 0.6 is 0 Å². The minimum atomic E-state index is -0.144. The quantitative estimate of drug-likeness (QED) is 0.350. The second-order valence-electron chi connectivity index (χ2n) is 8.03. The molecule has 154 valence electrons. The maximum atomic E-state index is 13.4. The van der Waals surface area contributed by atoms with E-state index in [1.807, 2.05) is 60.7 Å². The highest BCUT2D eigenvalue weighted by Crippen LogP contribution is 2.48. The molecule has 5 aromatic rings. The number of nitrogens with one attached hydrogen (secondary N) is 2. The van der Waals surface area contributed by atoms with E-state index in [0.717, 1.165) is 21.5 Å². The van der Waals surface area contributed by atoms with Gasteiger partial charge in [0.1, 0.15) is 0 Å². The molecule has 2 N–H and O–H groups in total. The Kier molecular flexibility index (Phi) is 3.48. The fourth-order valence-electron chi connectivity index (χ4n) is 4.66. The molecule has 6 nitrogen and oxygen atoms in total. The second-order valence-corrected chi connectivity index (χ2v) is 8.03. The molecular weight excluding hydrogens is 404 g/mol. The molecule has 7 rings (SSSR count). The Morgan fingerprint density at radius 3 is 1.41 bits per heavy atom. The van der Waals surface area contributed by atoms with E-state index < -0.39 is 0 Å². The monoisotopic (exact) mass is 420 g/mol. The molecule has 0 bridgehead atoms. The summed E-state index contributed by atoms with van der Waals surface area (Å²) in [4.78, 5) is 0. The lowest BCUT2D eigenvalue weighted by atomic mass is 10.0. The summed E-state index contributed by atoms with van der Waals surface area (Å²) in [6.45, 7) is 0. The highest BCUT2D eigenvalue weighted by atomic mass is 16.5. The lowest BCUT2D eigenvalue weighted by Gasteiger charge is -2.34. The van der Waals surface area contributed by atoms with Crippen LogP contribution in [-0.2, 0) is 0 Å². The molecule has 0 aromatic heterocycles. The van der Waals surface area contributed by atoms with Crippen LogP contribution in [0.2, 0.25) is 0 Å². The third kappa shape index (κ3) is 2.32. The Morgan fingerprint density at radius 1 is 0.500 bits per heavy atom. The van der Waals surface area contributed by atoms with Crippen LogP contribution in [-0.4, -0.2) is 0 Å². The van der Waals surface area contributed by atoms with Crippen molar-refractivity contribution in [1.29, 1.82) is 0 Å². The second kappa shape index (κ2) is 6.29. The molecule has 0 radical (unpaired) electrons. The van der Waals surface area contributed by atoms with Crippen LogP contribution in [0.1, 0.15) is 0 Å². The molecule has 0 fully saturated rings. The molecule has 0 amide bonds. The molecule has 2 aliphatic heterocycles. The first-order chi connectivity index (χ1) is 15.7. The topological polar surface area (TPSA) is 73.5 Å². The van der Waals surface area contributed by atoms with E-state index in [1.54, 1.807) is 24.3 Å². The van der Waals surface area contributed by atoms with Crippen molar-refractivity contribution in [3.63, 3.8) is 0 Å². The summed E-state index contributed by atoms with van der Waals surface area (Å²) in [5, 5.41) is 30.1. The number of ether oxygens (including phenoxy) is 2. The molecule has 2 heterocycles. The van der Waals surface area contributed by atoms with E-state index in [1.165, 1.54) is 0 Å². The predicted molar refractivity (Wildman–Crippen MR) is 122 cm³/mol. The number of hydrogen-bond donors (Lipinski definition) is 2. The van der Waals surface area contributed by atoms with Crippen LogP contribution in [0.15, 0.2) is 84.9 Å². The fraction of sp³-hybridized carbons (Fsp3) is 0. The Hall–Kier alpha value is -3.94. The summed E-state index contributed by atoms with van der Waals surface area (Å²) in [6, 6.07) is 26.2.